The highest BCUT2D eigenvalue weighted by molar-refractivity contribution is 14.1. The van der Waals surface area contributed by atoms with Crippen molar-refractivity contribution in [2.45, 2.75) is 19.8 Å². The molecule has 0 bridgehead atoms. The average Bonchev–Trinajstić information content (AvgIpc) is 2.58. The van der Waals surface area contributed by atoms with Crippen molar-refractivity contribution in [2.75, 3.05) is 11.9 Å². The Kier molecular flexibility index (Phi) is 7.92. The van der Waals surface area contributed by atoms with E-state index in [1.54, 1.807) is 24.3 Å². The van der Waals surface area contributed by atoms with Crippen LogP contribution >= 0.6 is 46.4 Å². The second-order valence-electron chi connectivity index (χ2n) is 5.26. The van der Waals surface area contributed by atoms with E-state index in [2.05, 4.69) is 40.1 Å². The van der Waals surface area contributed by atoms with Gasteiger partial charge in [-0.25, -0.2) is 0 Å². The van der Waals surface area contributed by atoms with E-state index < -0.39 is 0 Å². The van der Waals surface area contributed by atoms with Crippen LogP contribution in [0.2, 0.25) is 5.02 Å². The summed E-state index contributed by atoms with van der Waals surface area (Å²) in [7, 11) is 0. The molecule has 2 aromatic carbocycles. The molecule has 2 rings (SSSR count). The number of rotatable bonds is 6. The van der Waals surface area contributed by atoms with Gasteiger partial charge in [0.2, 0.25) is 0 Å². The molecule has 0 radical (unpaired) electrons. The summed E-state index contributed by atoms with van der Waals surface area (Å²) < 4.78 is 6.60. The fourth-order valence-electron chi connectivity index (χ4n) is 1.96. The average molecular weight is 489 g/mol. The Morgan fingerprint density at radius 2 is 1.96 bits per heavy atom. The van der Waals surface area contributed by atoms with E-state index in [0.717, 1.165) is 22.2 Å². The molecule has 4 nitrogen and oxygen atoms in total. The summed E-state index contributed by atoms with van der Waals surface area (Å²) in [5.74, 6) is 0.454. The molecule has 132 valence electrons. The van der Waals surface area contributed by atoms with E-state index in [4.69, 9.17) is 28.6 Å². The summed E-state index contributed by atoms with van der Waals surface area (Å²) in [4.78, 5) is 12.2. The third-order valence-corrected chi connectivity index (χ3v) is 4.48. The minimum atomic E-state index is -0.292. The Bertz CT molecular complexity index is 753. The van der Waals surface area contributed by atoms with Gasteiger partial charge in [0.25, 0.3) is 5.91 Å². The smallest absolute Gasteiger partial charge is 0.257 e. The molecule has 0 heterocycles. The zero-order valence-electron chi connectivity index (χ0n) is 13.6. The van der Waals surface area contributed by atoms with Crippen molar-refractivity contribution in [3.05, 3.63) is 56.6 Å². The van der Waals surface area contributed by atoms with Gasteiger partial charge in [0.05, 0.1) is 17.3 Å². The zero-order chi connectivity index (χ0) is 18.2. The monoisotopic (exact) mass is 488 g/mol. The van der Waals surface area contributed by atoms with Crippen LogP contribution in [0.3, 0.4) is 0 Å². The first-order valence-electron chi connectivity index (χ1n) is 7.80. The van der Waals surface area contributed by atoms with Crippen molar-refractivity contribution in [1.82, 2.24) is 5.32 Å². The van der Waals surface area contributed by atoms with E-state index in [1.807, 2.05) is 18.2 Å². The van der Waals surface area contributed by atoms with Gasteiger partial charge in [-0.15, -0.1) is 0 Å². The summed E-state index contributed by atoms with van der Waals surface area (Å²) in [6.07, 6.45) is 2.08. The van der Waals surface area contributed by atoms with Crippen LogP contribution in [0.1, 0.15) is 30.1 Å². The van der Waals surface area contributed by atoms with Gasteiger partial charge in [0.15, 0.2) is 5.11 Å². The van der Waals surface area contributed by atoms with Gasteiger partial charge >= 0.3 is 0 Å². The highest BCUT2D eigenvalue weighted by Gasteiger charge is 2.09. The summed E-state index contributed by atoms with van der Waals surface area (Å²) in [5, 5.41) is 6.29. The Morgan fingerprint density at radius 3 is 2.60 bits per heavy atom. The largest absolute Gasteiger partial charge is 0.494 e. The molecule has 0 aromatic heterocycles. The van der Waals surface area contributed by atoms with Crippen LogP contribution in [-0.2, 0) is 0 Å². The fourth-order valence-corrected chi connectivity index (χ4v) is 3.06. The maximum Gasteiger partial charge on any atom is 0.257 e. The van der Waals surface area contributed by atoms with E-state index in [9.17, 15) is 4.79 Å². The minimum absolute atomic E-state index is 0.191. The predicted octanol–water partition coefficient (Wildman–Crippen LogP) is 5.25. The van der Waals surface area contributed by atoms with Gasteiger partial charge in [-0.3, -0.25) is 10.1 Å². The summed E-state index contributed by atoms with van der Waals surface area (Å²) in [5.41, 5.74) is 1.15. The lowest BCUT2D eigenvalue weighted by atomic mass is 10.2. The van der Waals surface area contributed by atoms with Gasteiger partial charge in [-0.1, -0.05) is 24.9 Å². The molecule has 0 saturated heterocycles. The first-order chi connectivity index (χ1) is 12.0. The third-order valence-electron chi connectivity index (χ3n) is 3.29. The quantitative estimate of drug-likeness (QED) is 0.331. The van der Waals surface area contributed by atoms with Crippen molar-refractivity contribution >= 4 is 63.1 Å². The van der Waals surface area contributed by atoms with Crippen molar-refractivity contribution in [3.63, 3.8) is 0 Å². The summed E-state index contributed by atoms with van der Waals surface area (Å²) >= 11 is 13.5. The van der Waals surface area contributed by atoms with Gasteiger partial charge in [-0.2, -0.15) is 0 Å². The van der Waals surface area contributed by atoms with Crippen LogP contribution in [0.15, 0.2) is 42.5 Å². The molecule has 0 aliphatic heterocycles. The van der Waals surface area contributed by atoms with Crippen molar-refractivity contribution in [1.29, 1.82) is 0 Å². The number of thiocarbonyl (C=S) groups is 1. The molecule has 0 spiro atoms. The SMILES string of the molecule is CCCCOc1ccc(C(=O)NC(=S)Nc2ccc(I)cc2Cl)cc1. The Balaban J connectivity index is 1.91. The lowest BCUT2D eigenvalue weighted by Crippen LogP contribution is -2.34. The van der Waals surface area contributed by atoms with Gasteiger partial charge in [0.1, 0.15) is 5.75 Å². The molecule has 1 amide bonds. The van der Waals surface area contributed by atoms with Gasteiger partial charge in [-0.05, 0) is 83.7 Å². The van der Waals surface area contributed by atoms with Crippen molar-refractivity contribution in [3.8, 4) is 5.75 Å². The van der Waals surface area contributed by atoms with Crippen LogP contribution in [0, 0.1) is 3.57 Å². The minimum Gasteiger partial charge on any atom is -0.494 e. The number of ether oxygens (including phenoxy) is 1. The number of nitrogens with one attached hydrogen (secondary N) is 2. The molecule has 7 heteroatoms. The zero-order valence-corrected chi connectivity index (χ0v) is 17.4. The molecular weight excluding hydrogens is 471 g/mol. The molecule has 2 N–H and O–H groups in total. The molecule has 0 saturated carbocycles. The molecule has 2 aromatic rings. The number of benzene rings is 2. The molecule has 25 heavy (non-hydrogen) atoms. The number of anilines is 1. The number of carbonyl (C=O) groups excluding carboxylic acids is 1. The molecule has 0 aliphatic rings. The molecule has 0 atom stereocenters. The highest BCUT2D eigenvalue weighted by Crippen LogP contribution is 2.23. The fraction of sp³-hybridized carbons (Fsp3) is 0.222. The number of unbranched alkanes of at least 4 members (excludes halogenated alkanes) is 1. The number of hydrogen-bond donors (Lipinski definition) is 2. The van der Waals surface area contributed by atoms with E-state index >= 15 is 0 Å². The second-order valence-corrected chi connectivity index (χ2v) is 7.32. The highest BCUT2D eigenvalue weighted by atomic mass is 127. The first-order valence-corrected chi connectivity index (χ1v) is 9.66. The lowest BCUT2D eigenvalue weighted by Gasteiger charge is -2.11. The molecule has 0 fully saturated rings. The maximum atomic E-state index is 12.2. The van der Waals surface area contributed by atoms with E-state index in [-0.39, 0.29) is 11.0 Å². The van der Waals surface area contributed by atoms with Crippen LogP contribution in [-0.4, -0.2) is 17.6 Å². The predicted molar refractivity (Wildman–Crippen MR) is 115 cm³/mol. The second kappa shape index (κ2) is 9.94. The van der Waals surface area contributed by atoms with Crippen LogP contribution in [0.5, 0.6) is 5.75 Å². The Hall–Kier alpha value is -1.38. The van der Waals surface area contributed by atoms with Crippen LogP contribution in [0.25, 0.3) is 0 Å². The lowest BCUT2D eigenvalue weighted by molar-refractivity contribution is 0.0977. The van der Waals surface area contributed by atoms with Crippen LogP contribution in [0.4, 0.5) is 5.69 Å². The maximum absolute atomic E-state index is 12.2. The van der Waals surface area contributed by atoms with Crippen LogP contribution < -0.4 is 15.4 Å². The molecule has 0 unspecified atom stereocenters. The normalized spacial score (nSPS) is 10.2. The first kappa shape index (κ1) is 19.9. The van der Waals surface area contributed by atoms with E-state index in [1.165, 1.54) is 0 Å². The molecule has 0 aliphatic carbocycles. The molecular formula is C18H18ClIN2O2S. The standard InChI is InChI=1S/C18H18ClIN2O2S/c1-2-3-10-24-14-7-4-12(5-8-14)17(23)22-18(25)21-16-9-6-13(20)11-15(16)19/h4-9,11H,2-3,10H2,1H3,(H2,21,22,23,25). The number of carbonyl (C=O) groups is 1. The van der Waals surface area contributed by atoms with Gasteiger partial charge in [0, 0.05) is 9.13 Å². The Morgan fingerprint density at radius 1 is 1.24 bits per heavy atom. The number of halogens is 2. The van der Waals surface area contributed by atoms with Crippen molar-refractivity contribution in [2.24, 2.45) is 0 Å². The summed E-state index contributed by atoms with van der Waals surface area (Å²) in [6, 6.07) is 12.5. The number of amides is 1. The summed E-state index contributed by atoms with van der Waals surface area (Å²) in [6.45, 7) is 2.78. The number of hydrogen-bond acceptors (Lipinski definition) is 3. The van der Waals surface area contributed by atoms with E-state index in [0.29, 0.717) is 22.9 Å². The Labute approximate surface area is 171 Å². The third kappa shape index (κ3) is 6.45. The van der Waals surface area contributed by atoms with Gasteiger partial charge < -0.3 is 10.1 Å². The topological polar surface area (TPSA) is 50.4 Å². The van der Waals surface area contributed by atoms with Crippen molar-refractivity contribution < 1.29 is 9.53 Å².